The number of rotatable bonds is 2. The number of hydrogen-bond donors (Lipinski definition) is 1. The molecule has 0 bridgehead atoms. The lowest BCUT2D eigenvalue weighted by molar-refractivity contribution is -0.381. The first-order valence-corrected chi connectivity index (χ1v) is 4.40. The number of hydrogen-bond acceptors (Lipinski definition) is 5. The van der Waals surface area contributed by atoms with Crippen molar-refractivity contribution in [2.24, 2.45) is 0 Å². The molecule has 0 amide bonds. The number of nitrogens with two attached hydrogens (primary N) is 1. The van der Waals surface area contributed by atoms with Crippen LogP contribution in [0.2, 0.25) is 0 Å². The number of nitro groups is 1. The van der Waals surface area contributed by atoms with Gasteiger partial charge in [-0.1, -0.05) is 0 Å². The average Bonchev–Trinajstić information content (AvgIpc) is 2.75. The summed E-state index contributed by atoms with van der Waals surface area (Å²) in [5.41, 5.74) is 5.97. The quantitative estimate of drug-likeness (QED) is 0.559. The number of nitrogen functional groups attached to an aromatic ring is 1. The number of nitrogens with zero attached hydrogens (tertiary/aromatic N) is 2. The van der Waals surface area contributed by atoms with Gasteiger partial charge in [-0.25, -0.2) is 4.98 Å². The molecule has 0 radical (unpaired) electrons. The summed E-state index contributed by atoms with van der Waals surface area (Å²) in [6.07, 6.45) is 2.01. The van der Waals surface area contributed by atoms with E-state index in [1.807, 2.05) is 0 Å². The Balaban J connectivity index is 2.43. The molecule has 64 valence electrons. The monoisotopic (exact) mass is 185 g/mol. The summed E-state index contributed by atoms with van der Waals surface area (Å²) in [5.74, 6) is 0.291. The van der Waals surface area contributed by atoms with Crippen molar-refractivity contribution in [3.05, 3.63) is 15.8 Å². The predicted octanol–water partition coefficient (Wildman–Crippen LogP) is 1.51. The topological polar surface area (TPSA) is 82.0 Å². The van der Waals surface area contributed by atoms with E-state index < -0.39 is 4.92 Å². The Hall–Kier alpha value is -1.17. The Morgan fingerprint density at radius 1 is 1.67 bits per heavy atom. The number of anilines is 1. The van der Waals surface area contributed by atoms with Gasteiger partial charge in [0, 0.05) is 5.92 Å². The van der Waals surface area contributed by atoms with Gasteiger partial charge >= 0.3 is 5.00 Å². The molecule has 1 saturated carbocycles. The SMILES string of the molecule is Nc1nc(C2CC2)c([N+](=O)[O-])s1. The molecule has 1 fully saturated rings. The van der Waals surface area contributed by atoms with Crippen molar-refractivity contribution < 1.29 is 4.92 Å². The van der Waals surface area contributed by atoms with Crippen LogP contribution in [0.15, 0.2) is 0 Å². The van der Waals surface area contributed by atoms with Crippen molar-refractivity contribution in [3.8, 4) is 0 Å². The van der Waals surface area contributed by atoms with Crippen molar-refractivity contribution in [1.29, 1.82) is 0 Å². The van der Waals surface area contributed by atoms with Crippen LogP contribution in [-0.2, 0) is 0 Å². The standard InChI is InChI=1S/C6H7N3O2S/c7-6-8-4(3-1-2-3)5(12-6)9(10)11/h3H,1-2H2,(H2,7,8). The van der Waals surface area contributed by atoms with E-state index in [9.17, 15) is 10.1 Å². The van der Waals surface area contributed by atoms with E-state index in [1.165, 1.54) is 0 Å². The molecule has 2 N–H and O–H groups in total. The molecule has 1 aromatic heterocycles. The van der Waals surface area contributed by atoms with Crippen LogP contribution in [0.1, 0.15) is 24.5 Å². The Labute approximate surface area is 72.4 Å². The molecule has 1 heterocycles. The lowest BCUT2D eigenvalue weighted by Gasteiger charge is -1.87. The third-order valence-electron chi connectivity index (χ3n) is 1.78. The Bertz CT molecular complexity index is 332. The molecule has 0 aromatic carbocycles. The van der Waals surface area contributed by atoms with Crippen molar-refractivity contribution >= 4 is 21.5 Å². The molecule has 1 aromatic rings. The smallest absolute Gasteiger partial charge is 0.349 e. The van der Waals surface area contributed by atoms with E-state index >= 15 is 0 Å². The van der Waals surface area contributed by atoms with Gasteiger partial charge in [-0.05, 0) is 24.2 Å². The minimum absolute atomic E-state index is 0.120. The van der Waals surface area contributed by atoms with Crippen LogP contribution in [0.3, 0.4) is 0 Å². The van der Waals surface area contributed by atoms with Gasteiger partial charge in [0.1, 0.15) is 5.69 Å². The summed E-state index contributed by atoms with van der Waals surface area (Å²) < 4.78 is 0. The third-order valence-corrected chi connectivity index (χ3v) is 2.63. The van der Waals surface area contributed by atoms with Crippen molar-refractivity contribution in [2.45, 2.75) is 18.8 Å². The molecule has 0 atom stereocenters. The highest BCUT2D eigenvalue weighted by Gasteiger charge is 2.34. The molecule has 5 nitrogen and oxygen atoms in total. The zero-order valence-corrected chi connectivity index (χ0v) is 7.00. The van der Waals surface area contributed by atoms with E-state index in [-0.39, 0.29) is 5.00 Å². The highest BCUT2D eigenvalue weighted by molar-refractivity contribution is 7.18. The Morgan fingerprint density at radius 3 is 2.83 bits per heavy atom. The predicted molar refractivity (Wildman–Crippen MR) is 45.2 cm³/mol. The van der Waals surface area contributed by atoms with Crippen LogP contribution in [0, 0.1) is 10.1 Å². The van der Waals surface area contributed by atoms with Gasteiger partial charge in [-0.2, -0.15) is 0 Å². The molecule has 1 aliphatic rings. The van der Waals surface area contributed by atoms with Crippen molar-refractivity contribution in [1.82, 2.24) is 4.98 Å². The normalized spacial score (nSPS) is 16.3. The summed E-state index contributed by atoms with van der Waals surface area (Å²) in [6, 6.07) is 0. The second-order valence-corrected chi connectivity index (χ2v) is 3.78. The maximum Gasteiger partial charge on any atom is 0.349 e. The average molecular weight is 185 g/mol. The molecule has 6 heteroatoms. The minimum Gasteiger partial charge on any atom is -0.375 e. The number of aromatic nitrogens is 1. The molecule has 0 unspecified atom stereocenters. The van der Waals surface area contributed by atoms with E-state index in [0.717, 1.165) is 24.2 Å². The van der Waals surface area contributed by atoms with E-state index in [2.05, 4.69) is 4.98 Å². The van der Waals surface area contributed by atoms with E-state index in [0.29, 0.717) is 16.7 Å². The Morgan fingerprint density at radius 2 is 2.33 bits per heavy atom. The first-order valence-electron chi connectivity index (χ1n) is 3.59. The second kappa shape index (κ2) is 2.41. The molecular formula is C6H7N3O2S. The van der Waals surface area contributed by atoms with Gasteiger partial charge in [-0.15, -0.1) is 0 Å². The van der Waals surface area contributed by atoms with Crippen LogP contribution in [0.5, 0.6) is 0 Å². The van der Waals surface area contributed by atoms with E-state index in [1.54, 1.807) is 0 Å². The first-order chi connectivity index (χ1) is 5.68. The molecule has 12 heavy (non-hydrogen) atoms. The van der Waals surface area contributed by atoms with Crippen LogP contribution in [0.25, 0.3) is 0 Å². The lowest BCUT2D eigenvalue weighted by atomic mass is 10.3. The summed E-state index contributed by atoms with van der Waals surface area (Å²) in [6.45, 7) is 0. The molecule has 1 aliphatic carbocycles. The Kier molecular flexibility index (Phi) is 1.50. The van der Waals surface area contributed by atoms with Gasteiger partial charge in [0.2, 0.25) is 0 Å². The minimum atomic E-state index is -0.401. The number of thiazole rings is 1. The largest absolute Gasteiger partial charge is 0.375 e. The van der Waals surface area contributed by atoms with Crippen molar-refractivity contribution in [2.75, 3.05) is 5.73 Å². The fourth-order valence-corrected chi connectivity index (χ4v) is 1.83. The maximum atomic E-state index is 10.5. The molecule has 0 saturated heterocycles. The van der Waals surface area contributed by atoms with Gasteiger partial charge in [0.05, 0.1) is 4.92 Å². The highest BCUT2D eigenvalue weighted by Crippen LogP contribution is 2.46. The second-order valence-electron chi connectivity index (χ2n) is 2.77. The van der Waals surface area contributed by atoms with Crippen molar-refractivity contribution in [3.63, 3.8) is 0 Å². The highest BCUT2D eigenvalue weighted by atomic mass is 32.1. The van der Waals surface area contributed by atoms with Crippen LogP contribution in [0.4, 0.5) is 10.1 Å². The van der Waals surface area contributed by atoms with Crippen LogP contribution in [-0.4, -0.2) is 9.91 Å². The lowest BCUT2D eigenvalue weighted by Crippen LogP contribution is -1.90. The van der Waals surface area contributed by atoms with E-state index in [4.69, 9.17) is 5.73 Å². The third kappa shape index (κ3) is 1.14. The molecular weight excluding hydrogens is 178 g/mol. The zero-order valence-electron chi connectivity index (χ0n) is 6.19. The molecule has 0 spiro atoms. The van der Waals surface area contributed by atoms with Gasteiger partial charge in [0.15, 0.2) is 5.13 Å². The van der Waals surface area contributed by atoms with Gasteiger partial charge < -0.3 is 5.73 Å². The maximum absolute atomic E-state index is 10.5. The first kappa shape index (κ1) is 7.48. The van der Waals surface area contributed by atoms with Gasteiger partial charge in [0.25, 0.3) is 0 Å². The summed E-state index contributed by atoms with van der Waals surface area (Å²) in [4.78, 5) is 14.0. The van der Waals surface area contributed by atoms with Crippen LogP contribution >= 0.6 is 11.3 Å². The summed E-state index contributed by atoms with van der Waals surface area (Å²) >= 11 is 0.958. The van der Waals surface area contributed by atoms with Gasteiger partial charge in [-0.3, -0.25) is 10.1 Å². The molecule has 0 aliphatic heterocycles. The fraction of sp³-hybridized carbons (Fsp3) is 0.500. The zero-order chi connectivity index (χ0) is 8.72. The van der Waals surface area contributed by atoms with Crippen LogP contribution < -0.4 is 5.73 Å². The fourth-order valence-electron chi connectivity index (χ4n) is 1.09. The summed E-state index contributed by atoms with van der Waals surface area (Å²) in [5, 5.41) is 10.9. The summed E-state index contributed by atoms with van der Waals surface area (Å²) in [7, 11) is 0. The molecule has 2 rings (SSSR count).